The van der Waals surface area contributed by atoms with Gasteiger partial charge in [0.1, 0.15) is 5.71 Å². The predicted molar refractivity (Wildman–Crippen MR) is 165 cm³/mol. The van der Waals surface area contributed by atoms with Gasteiger partial charge in [-0.05, 0) is 73.9 Å². The summed E-state index contributed by atoms with van der Waals surface area (Å²) in [5, 5.41) is 9.76. The highest BCUT2D eigenvalue weighted by Gasteiger charge is 2.27. The van der Waals surface area contributed by atoms with Gasteiger partial charge in [-0.3, -0.25) is 19.6 Å². The van der Waals surface area contributed by atoms with Crippen LogP contribution in [0.3, 0.4) is 0 Å². The van der Waals surface area contributed by atoms with Gasteiger partial charge in [-0.25, -0.2) is 0 Å². The lowest BCUT2D eigenvalue weighted by Gasteiger charge is -2.29. The minimum atomic E-state index is -0.261. The zero-order valence-corrected chi connectivity index (χ0v) is 23.9. The van der Waals surface area contributed by atoms with Crippen LogP contribution >= 0.6 is 0 Å². The Morgan fingerprint density at radius 2 is 1.80 bits per heavy atom. The van der Waals surface area contributed by atoms with Crippen LogP contribution < -0.4 is 20.9 Å². The molecule has 1 aromatic heterocycles. The van der Waals surface area contributed by atoms with Crippen LogP contribution in [0.2, 0.25) is 0 Å². The van der Waals surface area contributed by atoms with Crippen molar-refractivity contribution in [3.8, 4) is 11.1 Å². The molecule has 1 saturated heterocycles. The molecule has 2 amide bonds. The second kappa shape index (κ2) is 12.3. The van der Waals surface area contributed by atoms with E-state index < -0.39 is 0 Å². The van der Waals surface area contributed by atoms with Crippen LogP contribution in [0.5, 0.6) is 0 Å². The van der Waals surface area contributed by atoms with Crippen molar-refractivity contribution in [2.45, 2.75) is 70.4 Å². The summed E-state index contributed by atoms with van der Waals surface area (Å²) in [4.78, 5) is 37.9. The predicted octanol–water partition coefficient (Wildman–Crippen LogP) is 4.88. The molecule has 41 heavy (non-hydrogen) atoms. The van der Waals surface area contributed by atoms with Gasteiger partial charge in [0.05, 0.1) is 24.5 Å². The van der Waals surface area contributed by atoms with Gasteiger partial charge in [-0.1, -0.05) is 31.9 Å². The maximum Gasteiger partial charge on any atom is 0.269 e. The van der Waals surface area contributed by atoms with E-state index in [1.165, 1.54) is 32.1 Å². The Balaban J connectivity index is 1.19. The maximum absolute atomic E-state index is 13.8. The average Bonchev–Trinajstić information content (AvgIpc) is 3.54. The minimum absolute atomic E-state index is 0.106. The molecule has 1 aromatic carbocycles. The van der Waals surface area contributed by atoms with Gasteiger partial charge in [0.15, 0.2) is 0 Å². The molecule has 3 N–H and O–H groups in total. The highest BCUT2D eigenvalue weighted by Crippen LogP contribution is 2.36. The zero-order chi connectivity index (χ0) is 28.2. The number of fused-ring (bicyclic) bond motifs is 1. The first kappa shape index (κ1) is 27.2. The number of benzene rings is 1. The molecular weight excluding hydrogens is 512 g/mol. The van der Waals surface area contributed by atoms with E-state index in [0.717, 1.165) is 71.6 Å². The van der Waals surface area contributed by atoms with Crippen molar-refractivity contribution >= 4 is 34.5 Å². The van der Waals surface area contributed by atoms with Gasteiger partial charge < -0.3 is 20.9 Å². The lowest BCUT2D eigenvalue weighted by Crippen LogP contribution is -2.42. The fraction of sp³-hybridized carbons (Fsp3) is 0.455. The van der Waals surface area contributed by atoms with E-state index in [9.17, 15) is 9.59 Å². The van der Waals surface area contributed by atoms with Crippen LogP contribution in [0.15, 0.2) is 59.4 Å². The molecule has 2 fully saturated rings. The first-order valence-corrected chi connectivity index (χ1v) is 15.2. The van der Waals surface area contributed by atoms with E-state index in [4.69, 9.17) is 0 Å². The van der Waals surface area contributed by atoms with E-state index >= 15 is 0 Å². The highest BCUT2D eigenvalue weighted by molar-refractivity contribution is 6.43. The SMILES string of the molecule is CCC1=C(C(=O)NC2C=CC(C(=O)NC3CCCC3)=NC2)c2cc(-c3cncc(N4CCCCC4)c3)ccc2NC1. The first-order chi connectivity index (χ1) is 20.1. The third-order valence-electron chi connectivity index (χ3n) is 8.75. The van der Waals surface area contributed by atoms with Gasteiger partial charge >= 0.3 is 0 Å². The molecule has 8 nitrogen and oxygen atoms in total. The van der Waals surface area contributed by atoms with Gasteiger partial charge in [-0.2, -0.15) is 0 Å². The molecule has 4 aliphatic rings. The molecular formula is C33H40N6O2. The number of carbonyl (C=O) groups is 2. The lowest BCUT2D eigenvalue weighted by molar-refractivity contribution is -0.116. The Bertz CT molecular complexity index is 1400. The maximum atomic E-state index is 13.8. The number of rotatable bonds is 7. The second-order valence-electron chi connectivity index (χ2n) is 11.5. The summed E-state index contributed by atoms with van der Waals surface area (Å²) in [6.07, 6.45) is 16.4. The Kier molecular flexibility index (Phi) is 8.16. The van der Waals surface area contributed by atoms with Gasteiger partial charge in [-0.15, -0.1) is 0 Å². The Hall–Kier alpha value is -3.94. The number of pyridine rings is 1. The van der Waals surface area contributed by atoms with E-state index in [0.29, 0.717) is 18.8 Å². The van der Waals surface area contributed by atoms with E-state index in [1.807, 2.05) is 18.5 Å². The summed E-state index contributed by atoms with van der Waals surface area (Å²) in [7, 11) is 0. The van der Waals surface area contributed by atoms with Crippen LogP contribution in [0, 0.1) is 0 Å². The molecule has 3 aliphatic heterocycles. The second-order valence-corrected chi connectivity index (χ2v) is 11.5. The highest BCUT2D eigenvalue weighted by atomic mass is 16.2. The lowest BCUT2D eigenvalue weighted by atomic mass is 9.90. The summed E-state index contributed by atoms with van der Waals surface area (Å²) in [5.41, 5.74) is 7.35. The number of hydrogen-bond donors (Lipinski definition) is 3. The molecule has 8 heteroatoms. The van der Waals surface area contributed by atoms with Crippen molar-refractivity contribution in [3.63, 3.8) is 0 Å². The Morgan fingerprint density at radius 1 is 0.976 bits per heavy atom. The average molecular weight is 553 g/mol. The third-order valence-corrected chi connectivity index (χ3v) is 8.75. The fourth-order valence-corrected chi connectivity index (χ4v) is 6.39. The summed E-state index contributed by atoms with van der Waals surface area (Å²) in [6.45, 7) is 5.22. The molecule has 4 heterocycles. The number of dihydropyridines is 1. The minimum Gasteiger partial charge on any atom is -0.381 e. The van der Waals surface area contributed by atoms with Gasteiger partial charge in [0.25, 0.3) is 11.8 Å². The van der Waals surface area contributed by atoms with Crippen LogP contribution in [0.25, 0.3) is 16.7 Å². The van der Waals surface area contributed by atoms with E-state index in [1.54, 1.807) is 6.08 Å². The topological polar surface area (TPSA) is 98.7 Å². The van der Waals surface area contributed by atoms with Gasteiger partial charge in [0, 0.05) is 54.3 Å². The molecule has 214 valence electrons. The molecule has 0 radical (unpaired) electrons. The number of aromatic nitrogens is 1. The molecule has 1 atom stereocenters. The van der Waals surface area contributed by atoms with Crippen molar-refractivity contribution in [1.82, 2.24) is 15.6 Å². The number of nitrogens with zero attached hydrogens (tertiary/aromatic N) is 3. The standard InChI is InChI=1S/C33H40N6O2/c1-2-22-19-35-29-12-10-23(24-16-27(21-34-18-24)39-14-6-3-7-15-39)17-28(29)31(22)33(41)38-26-11-13-30(36-20-26)32(40)37-25-8-4-5-9-25/h10-13,16-18,21,25-26,35H,2-9,14-15,19-20H2,1H3,(H,37,40)(H,38,41). The summed E-state index contributed by atoms with van der Waals surface area (Å²) < 4.78 is 0. The number of carbonyl (C=O) groups excluding carboxylic acids is 2. The molecule has 0 bridgehead atoms. The van der Waals surface area contributed by atoms with E-state index in [2.05, 4.69) is 62.0 Å². The van der Waals surface area contributed by atoms with Crippen molar-refractivity contribution in [2.24, 2.45) is 4.99 Å². The molecule has 1 aliphatic carbocycles. The number of piperidine rings is 1. The Labute approximate surface area is 242 Å². The summed E-state index contributed by atoms with van der Waals surface area (Å²) >= 11 is 0. The molecule has 0 spiro atoms. The molecule has 1 unspecified atom stereocenters. The summed E-state index contributed by atoms with van der Waals surface area (Å²) in [6, 6.07) is 8.49. The van der Waals surface area contributed by atoms with E-state index in [-0.39, 0.29) is 23.9 Å². The molecule has 1 saturated carbocycles. The molecule has 6 rings (SSSR count). The summed E-state index contributed by atoms with van der Waals surface area (Å²) in [5.74, 6) is -0.224. The third kappa shape index (κ3) is 6.06. The van der Waals surface area contributed by atoms with Crippen molar-refractivity contribution in [2.75, 3.05) is 36.4 Å². The van der Waals surface area contributed by atoms with Crippen molar-refractivity contribution < 1.29 is 9.59 Å². The number of nitrogens with one attached hydrogen (secondary N) is 3. The monoisotopic (exact) mass is 552 g/mol. The van der Waals surface area contributed by atoms with Crippen LogP contribution in [0.4, 0.5) is 11.4 Å². The number of aliphatic imine (C=N–C) groups is 1. The Morgan fingerprint density at radius 3 is 2.56 bits per heavy atom. The smallest absolute Gasteiger partial charge is 0.269 e. The van der Waals surface area contributed by atoms with Crippen LogP contribution in [-0.2, 0) is 9.59 Å². The van der Waals surface area contributed by atoms with Crippen LogP contribution in [0.1, 0.15) is 63.9 Å². The number of amides is 2. The van der Waals surface area contributed by atoms with Crippen LogP contribution in [-0.4, -0.2) is 60.8 Å². The van der Waals surface area contributed by atoms with Crippen molar-refractivity contribution in [3.05, 3.63) is 59.9 Å². The first-order valence-electron chi connectivity index (χ1n) is 15.2. The fourth-order valence-electron chi connectivity index (χ4n) is 6.39. The number of anilines is 2. The number of hydrogen-bond acceptors (Lipinski definition) is 6. The molecule has 2 aromatic rings. The largest absolute Gasteiger partial charge is 0.381 e. The van der Waals surface area contributed by atoms with Gasteiger partial charge in [0.2, 0.25) is 0 Å². The van der Waals surface area contributed by atoms with Crippen molar-refractivity contribution in [1.29, 1.82) is 0 Å². The zero-order valence-electron chi connectivity index (χ0n) is 23.9. The normalized spacial score (nSPS) is 20.8. The quantitative estimate of drug-likeness (QED) is 0.455.